The van der Waals surface area contributed by atoms with Crippen LogP contribution in [0.2, 0.25) is 0 Å². The second-order valence-electron chi connectivity index (χ2n) is 3.85. The fourth-order valence-electron chi connectivity index (χ4n) is 1.85. The van der Waals surface area contributed by atoms with E-state index in [1.54, 1.807) is 0 Å². The van der Waals surface area contributed by atoms with Crippen molar-refractivity contribution >= 4 is 0 Å². The SMILES string of the molecule is CC1CC(N)CCN1CCC(F)F. The van der Waals surface area contributed by atoms with Gasteiger partial charge in [-0.1, -0.05) is 0 Å². The normalized spacial score (nSPS) is 31.2. The lowest BCUT2D eigenvalue weighted by Gasteiger charge is -2.36. The van der Waals surface area contributed by atoms with Gasteiger partial charge in [-0.25, -0.2) is 8.78 Å². The number of likely N-dealkylation sites (tertiary alicyclic amines) is 1. The average Bonchev–Trinajstić information content (AvgIpc) is 2.02. The molecule has 1 aliphatic heterocycles. The van der Waals surface area contributed by atoms with Gasteiger partial charge in [0.2, 0.25) is 6.43 Å². The molecule has 0 aromatic rings. The molecule has 4 heteroatoms. The van der Waals surface area contributed by atoms with Gasteiger partial charge in [0, 0.05) is 25.0 Å². The smallest absolute Gasteiger partial charge is 0.239 e. The standard InChI is InChI=1S/C9H18F2N2/c1-7-6-8(12)2-4-13(7)5-3-9(10)11/h7-9H,2-6,12H2,1H3. The quantitative estimate of drug-likeness (QED) is 0.733. The van der Waals surface area contributed by atoms with Gasteiger partial charge in [-0.15, -0.1) is 0 Å². The number of nitrogens with zero attached hydrogens (tertiary/aromatic N) is 1. The fraction of sp³-hybridized carbons (Fsp3) is 1.00. The highest BCUT2D eigenvalue weighted by Crippen LogP contribution is 2.16. The van der Waals surface area contributed by atoms with Gasteiger partial charge < -0.3 is 10.6 Å². The van der Waals surface area contributed by atoms with Gasteiger partial charge in [0.25, 0.3) is 0 Å². The third-order valence-electron chi connectivity index (χ3n) is 2.69. The molecule has 13 heavy (non-hydrogen) atoms. The van der Waals surface area contributed by atoms with Crippen molar-refractivity contribution in [3.05, 3.63) is 0 Å². The van der Waals surface area contributed by atoms with Crippen molar-refractivity contribution in [2.75, 3.05) is 13.1 Å². The van der Waals surface area contributed by atoms with Crippen LogP contribution < -0.4 is 5.73 Å². The molecule has 2 nitrogen and oxygen atoms in total. The Kier molecular flexibility index (Phi) is 4.06. The summed E-state index contributed by atoms with van der Waals surface area (Å²) < 4.78 is 23.9. The molecule has 0 aromatic heterocycles. The Balaban J connectivity index is 2.25. The van der Waals surface area contributed by atoms with Crippen LogP contribution in [0.1, 0.15) is 26.2 Å². The van der Waals surface area contributed by atoms with E-state index in [0.29, 0.717) is 12.6 Å². The first-order valence-electron chi connectivity index (χ1n) is 4.87. The second-order valence-corrected chi connectivity index (χ2v) is 3.85. The van der Waals surface area contributed by atoms with Crippen LogP contribution in [0.25, 0.3) is 0 Å². The molecule has 78 valence electrons. The molecule has 0 aromatic carbocycles. The van der Waals surface area contributed by atoms with Crippen LogP contribution in [0.15, 0.2) is 0 Å². The molecule has 2 unspecified atom stereocenters. The van der Waals surface area contributed by atoms with Gasteiger partial charge in [0.1, 0.15) is 0 Å². The number of nitrogens with two attached hydrogens (primary N) is 1. The highest BCUT2D eigenvalue weighted by molar-refractivity contribution is 4.80. The maximum atomic E-state index is 11.9. The molecule has 2 atom stereocenters. The van der Waals surface area contributed by atoms with Gasteiger partial charge in [-0.3, -0.25) is 0 Å². The zero-order chi connectivity index (χ0) is 9.84. The monoisotopic (exact) mass is 192 g/mol. The third kappa shape index (κ3) is 3.56. The minimum absolute atomic E-state index is 0.0143. The van der Waals surface area contributed by atoms with Gasteiger partial charge in [-0.05, 0) is 26.3 Å². The number of piperidine rings is 1. The van der Waals surface area contributed by atoms with Crippen molar-refractivity contribution in [1.29, 1.82) is 0 Å². The Hall–Kier alpha value is -0.220. The van der Waals surface area contributed by atoms with Crippen molar-refractivity contribution in [2.24, 2.45) is 5.73 Å². The third-order valence-corrected chi connectivity index (χ3v) is 2.69. The molecular weight excluding hydrogens is 174 g/mol. The lowest BCUT2D eigenvalue weighted by atomic mass is 9.99. The summed E-state index contributed by atoms with van der Waals surface area (Å²) in [4.78, 5) is 2.11. The highest BCUT2D eigenvalue weighted by atomic mass is 19.3. The average molecular weight is 192 g/mol. The van der Waals surface area contributed by atoms with E-state index in [1.165, 1.54) is 0 Å². The van der Waals surface area contributed by atoms with Crippen molar-refractivity contribution in [3.63, 3.8) is 0 Å². The molecular formula is C9H18F2N2. The van der Waals surface area contributed by atoms with Crippen molar-refractivity contribution in [3.8, 4) is 0 Å². The van der Waals surface area contributed by atoms with E-state index in [-0.39, 0.29) is 12.5 Å². The maximum Gasteiger partial charge on any atom is 0.239 e. The Bertz CT molecular complexity index is 153. The predicted octanol–water partition coefficient (Wildman–Crippen LogP) is 1.45. The van der Waals surface area contributed by atoms with E-state index in [0.717, 1.165) is 19.4 Å². The Morgan fingerprint density at radius 1 is 1.54 bits per heavy atom. The summed E-state index contributed by atoms with van der Waals surface area (Å²) in [6.45, 7) is 3.44. The van der Waals surface area contributed by atoms with Crippen LogP contribution in [-0.2, 0) is 0 Å². The molecule has 2 N–H and O–H groups in total. The molecule has 1 heterocycles. The van der Waals surface area contributed by atoms with Crippen LogP contribution >= 0.6 is 0 Å². The van der Waals surface area contributed by atoms with Crippen LogP contribution in [0.3, 0.4) is 0 Å². The number of hydrogen-bond acceptors (Lipinski definition) is 2. The first-order chi connectivity index (χ1) is 6.09. The number of alkyl halides is 2. The number of hydrogen-bond donors (Lipinski definition) is 1. The summed E-state index contributed by atoms with van der Waals surface area (Å²) in [5.41, 5.74) is 5.77. The largest absolute Gasteiger partial charge is 0.328 e. The van der Waals surface area contributed by atoms with E-state index < -0.39 is 6.43 Å². The van der Waals surface area contributed by atoms with Crippen molar-refractivity contribution in [1.82, 2.24) is 4.90 Å². The molecule has 0 amide bonds. The lowest BCUT2D eigenvalue weighted by molar-refractivity contribution is 0.0879. The molecule has 0 spiro atoms. The summed E-state index contributed by atoms with van der Waals surface area (Å²) in [6, 6.07) is 0.625. The van der Waals surface area contributed by atoms with Crippen LogP contribution in [-0.4, -0.2) is 36.5 Å². The molecule has 1 saturated heterocycles. The predicted molar refractivity (Wildman–Crippen MR) is 48.9 cm³/mol. The van der Waals surface area contributed by atoms with Crippen molar-refractivity contribution < 1.29 is 8.78 Å². The highest BCUT2D eigenvalue weighted by Gasteiger charge is 2.23. The van der Waals surface area contributed by atoms with Crippen molar-refractivity contribution in [2.45, 2.75) is 44.7 Å². The molecule has 1 rings (SSSR count). The fourth-order valence-corrected chi connectivity index (χ4v) is 1.85. The van der Waals surface area contributed by atoms with E-state index in [4.69, 9.17) is 5.73 Å². The summed E-state index contributed by atoms with van der Waals surface area (Å²) in [5, 5.41) is 0. The van der Waals surface area contributed by atoms with Gasteiger partial charge >= 0.3 is 0 Å². The minimum Gasteiger partial charge on any atom is -0.328 e. The Morgan fingerprint density at radius 2 is 2.23 bits per heavy atom. The first-order valence-corrected chi connectivity index (χ1v) is 4.87. The maximum absolute atomic E-state index is 11.9. The zero-order valence-electron chi connectivity index (χ0n) is 8.05. The lowest BCUT2D eigenvalue weighted by Crippen LogP contribution is -2.46. The van der Waals surface area contributed by atoms with Gasteiger partial charge in [0.15, 0.2) is 0 Å². The first kappa shape index (κ1) is 10.9. The van der Waals surface area contributed by atoms with E-state index in [9.17, 15) is 8.78 Å². The molecule has 0 saturated carbocycles. The van der Waals surface area contributed by atoms with E-state index in [2.05, 4.69) is 11.8 Å². The molecule has 1 fully saturated rings. The summed E-state index contributed by atoms with van der Waals surface area (Å²) in [6.07, 6.45) is -0.320. The number of halogens is 2. The summed E-state index contributed by atoms with van der Waals surface area (Å²) >= 11 is 0. The Labute approximate surface area is 78.1 Å². The molecule has 0 aliphatic carbocycles. The summed E-state index contributed by atoms with van der Waals surface area (Å²) in [5.74, 6) is 0. The molecule has 0 radical (unpaired) electrons. The van der Waals surface area contributed by atoms with Crippen LogP contribution in [0.5, 0.6) is 0 Å². The summed E-state index contributed by atoms with van der Waals surface area (Å²) in [7, 11) is 0. The Morgan fingerprint density at radius 3 is 2.77 bits per heavy atom. The zero-order valence-corrected chi connectivity index (χ0v) is 8.05. The van der Waals surface area contributed by atoms with Gasteiger partial charge in [0.05, 0.1) is 0 Å². The molecule has 1 aliphatic rings. The number of rotatable bonds is 3. The second kappa shape index (κ2) is 4.86. The topological polar surface area (TPSA) is 29.3 Å². The van der Waals surface area contributed by atoms with E-state index >= 15 is 0 Å². The van der Waals surface area contributed by atoms with E-state index in [1.807, 2.05) is 0 Å². The molecule has 0 bridgehead atoms. The van der Waals surface area contributed by atoms with Crippen LogP contribution in [0, 0.1) is 0 Å². The van der Waals surface area contributed by atoms with Crippen LogP contribution in [0.4, 0.5) is 8.78 Å². The minimum atomic E-state index is -2.18. The van der Waals surface area contributed by atoms with Gasteiger partial charge in [-0.2, -0.15) is 0 Å².